The van der Waals surface area contributed by atoms with Crippen molar-refractivity contribution in [3.63, 3.8) is 0 Å². The van der Waals surface area contributed by atoms with E-state index in [-0.39, 0.29) is 24.4 Å². The molecule has 0 spiro atoms. The zero-order valence-corrected chi connectivity index (χ0v) is 13.9. The minimum atomic E-state index is 0. The number of nitrogens with zero attached hydrogens (tertiary/aromatic N) is 2. The second-order valence-electron chi connectivity index (χ2n) is 5.61. The highest BCUT2D eigenvalue weighted by Crippen LogP contribution is 2.18. The second kappa shape index (κ2) is 8.37. The topological polar surface area (TPSA) is 35.6 Å². The number of amides is 1. The average Bonchev–Trinajstić information content (AvgIpc) is 2.49. The monoisotopic (exact) mass is 311 g/mol. The maximum atomic E-state index is 12.4. The molecule has 0 aliphatic carbocycles. The minimum absolute atomic E-state index is 0. The molecule has 1 aliphatic heterocycles. The van der Waals surface area contributed by atoms with E-state index in [9.17, 15) is 4.79 Å². The van der Waals surface area contributed by atoms with Gasteiger partial charge in [-0.15, -0.1) is 12.4 Å². The molecule has 1 saturated heterocycles. The van der Waals surface area contributed by atoms with Crippen molar-refractivity contribution in [1.82, 2.24) is 15.1 Å². The Labute approximate surface area is 133 Å². The van der Waals surface area contributed by atoms with E-state index in [1.807, 2.05) is 30.1 Å². The number of carbonyl (C=O) groups excluding carboxylic acids is 1. The van der Waals surface area contributed by atoms with E-state index < -0.39 is 0 Å². The number of hydrogen-bond acceptors (Lipinski definition) is 3. The molecule has 0 saturated carbocycles. The Morgan fingerprint density at radius 1 is 1.43 bits per heavy atom. The van der Waals surface area contributed by atoms with E-state index in [0.717, 1.165) is 19.6 Å². The Bertz CT molecular complexity index is 440. The Morgan fingerprint density at radius 2 is 2.10 bits per heavy atom. The lowest BCUT2D eigenvalue weighted by Gasteiger charge is -2.35. The summed E-state index contributed by atoms with van der Waals surface area (Å²) in [5, 5.41) is 3.35. The molecule has 0 bridgehead atoms. The van der Waals surface area contributed by atoms with Crippen molar-refractivity contribution in [1.29, 1.82) is 0 Å². The van der Waals surface area contributed by atoms with E-state index in [4.69, 9.17) is 0 Å². The number of benzene rings is 1. The maximum absolute atomic E-state index is 12.4. The molecule has 118 valence electrons. The van der Waals surface area contributed by atoms with Gasteiger partial charge in [0, 0.05) is 32.7 Å². The van der Waals surface area contributed by atoms with Crippen LogP contribution in [-0.2, 0) is 4.79 Å². The molecule has 0 radical (unpaired) electrons. The van der Waals surface area contributed by atoms with Crippen molar-refractivity contribution >= 4 is 18.3 Å². The molecular formula is C16H26ClN3O. The molecule has 1 heterocycles. The van der Waals surface area contributed by atoms with Crippen molar-refractivity contribution in [3.05, 3.63) is 35.9 Å². The zero-order valence-electron chi connectivity index (χ0n) is 13.1. The standard InChI is InChI=1S/C16H25N3O.ClH/c1-13-11-17-9-10-19(13)12-16(20)18(3)14(2)15-7-5-4-6-8-15;/h4-8,13-14,17H,9-12H2,1-3H3;1H/t13-,14?;/m0./s1. The summed E-state index contributed by atoms with van der Waals surface area (Å²) in [4.78, 5) is 16.5. The van der Waals surface area contributed by atoms with Crippen molar-refractivity contribution in [2.45, 2.75) is 25.9 Å². The van der Waals surface area contributed by atoms with Gasteiger partial charge in [0.05, 0.1) is 12.6 Å². The lowest BCUT2D eigenvalue weighted by Crippen LogP contribution is -2.53. The fourth-order valence-corrected chi connectivity index (χ4v) is 2.57. The fourth-order valence-electron chi connectivity index (χ4n) is 2.57. The Hall–Kier alpha value is -1.10. The summed E-state index contributed by atoms with van der Waals surface area (Å²) in [5.74, 6) is 0.190. The summed E-state index contributed by atoms with van der Waals surface area (Å²) in [5.41, 5.74) is 1.18. The summed E-state index contributed by atoms with van der Waals surface area (Å²) in [6.45, 7) is 7.63. The van der Waals surface area contributed by atoms with Crippen LogP contribution in [0.1, 0.15) is 25.5 Å². The third-order valence-electron chi connectivity index (χ3n) is 4.23. The van der Waals surface area contributed by atoms with Crippen molar-refractivity contribution < 1.29 is 4.79 Å². The highest BCUT2D eigenvalue weighted by molar-refractivity contribution is 5.85. The predicted octanol–water partition coefficient (Wildman–Crippen LogP) is 1.92. The first-order chi connectivity index (χ1) is 9.59. The number of nitrogens with one attached hydrogen (secondary N) is 1. The quantitative estimate of drug-likeness (QED) is 0.923. The van der Waals surface area contributed by atoms with Crippen LogP contribution in [0, 0.1) is 0 Å². The molecule has 5 heteroatoms. The number of hydrogen-bond donors (Lipinski definition) is 1. The molecule has 1 aromatic rings. The molecular weight excluding hydrogens is 286 g/mol. The van der Waals surface area contributed by atoms with Gasteiger partial charge in [0.15, 0.2) is 0 Å². The van der Waals surface area contributed by atoms with E-state index in [1.165, 1.54) is 5.56 Å². The molecule has 21 heavy (non-hydrogen) atoms. The molecule has 1 fully saturated rings. The van der Waals surface area contributed by atoms with Gasteiger partial charge in [-0.1, -0.05) is 30.3 Å². The van der Waals surface area contributed by atoms with Gasteiger partial charge in [-0.3, -0.25) is 9.69 Å². The molecule has 1 aromatic carbocycles. The third kappa shape index (κ3) is 4.70. The third-order valence-corrected chi connectivity index (χ3v) is 4.23. The van der Waals surface area contributed by atoms with Gasteiger partial charge in [-0.2, -0.15) is 0 Å². The van der Waals surface area contributed by atoms with E-state index in [2.05, 4.69) is 36.2 Å². The minimum Gasteiger partial charge on any atom is -0.338 e. The Morgan fingerprint density at radius 3 is 2.71 bits per heavy atom. The number of rotatable bonds is 4. The van der Waals surface area contributed by atoms with Crippen LogP contribution in [0.3, 0.4) is 0 Å². The highest BCUT2D eigenvalue weighted by Gasteiger charge is 2.24. The molecule has 2 rings (SSSR count). The van der Waals surface area contributed by atoms with Gasteiger partial charge in [-0.25, -0.2) is 0 Å². The molecule has 1 amide bonds. The summed E-state index contributed by atoms with van der Waals surface area (Å²) in [6, 6.07) is 10.7. The van der Waals surface area contributed by atoms with Gasteiger partial charge < -0.3 is 10.2 Å². The molecule has 1 unspecified atom stereocenters. The Kier molecular flexibility index (Phi) is 7.15. The summed E-state index contributed by atoms with van der Waals surface area (Å²) in [7, 11) is 1.90. The molecule has 1 aliphatic rings. The van der Waals surface area contributed by atoms with Crippen LogP contribution in [0.4, 0.5) is 0 Å². The van der Waals surface area contributed by atoms with Gasteiger partial charge in [-0.05, 0) is 19.4 Å². The van der Waals surface area contributed by atoms with Crippen LogP contribution in [0.2, 0.25) is 0 Å². The van der Waals surface area contributed by atoms with E-state index >= 15 is 0 Å². The SMILES string of the molecule is CC(c1ccccc1)N(C)C(=O)CN1CCNC[C@@H]1C.Cl. The van der Waals surface area contributed by atoms with Crippen LogP contribution in [0.5, 0.6) is 0 Å². The average molecular weight is 312 g/mol. The lowest BCUT2D eigenvalue weighted by molar-refractivity contribution is -0.133. The highest BCUT2D eigenvalue weighted by atomic mass is 35.5. The van der Waals surface area contributed by atoms with Crippen LogP contribution in [0.15, 0.2) is 30.3 Å². The first-order valence-corrected chi connectivity index (χ1v) is 7.35. The van der Waals surface area contributed by atoms with Crippen LogP contribution in [0.25, 0.3) is 0 Å². The van der Waals surface area contributed by atoms with Crippen molar-refractivity contribution in [2.75, 3.05) is 33.2 Å². The predicted molar refractivity (Wildman–Crippen MR) is 88.8 cm³/mol. The maximum Gasteiger partial charge on any atom is 0.237 e. The van der Waals surface area contributed by atoms with E-state index in [0.29, 0.717) is 12.6 Å². The molecule has 2 atom stereocenters. The largest absolute Gasteiger partial charge is 0.338 e. The zero-order chi connectivity index (χ0) is 14.5. The molecule has 0 aromatic heterocycles. The molecule has 1 N–H and O–H groups in total. The van der Waals surface area contributed by atoms with E-state index in [1.54, 1.807) is 0 Å². The van der Waals surface area contributed by atoms with Crippen molar-refractivity contribution in [2.24, 2.45) is 0 Å². The summed E-state index contributed by atoms with van der Waals surface area (Å²) in [6.07, 6.45) is 0. The number of halogens is 1. The number of carbonyl (C=O) groups is 1. The summed E-state index contributed by atoms with van der Waals surface area (Å²) < 4.78 is 0. The number of piperazine rings is 1. The fraction of sp³-hybridized carbons (Fsp3) is 0.562. The van der Waals surface area contributed by atoms with Crippen LogP contribution in [-0.4, -0.2) is 55.0 Å². The van der Waals surface area contributed by atoms with Crippen LogP contribution < -0.4 is 5.32 Å². The Balaban J connectivity index is 0.00000220. The van der Waals surface area contributed by atoms with Crippen LogP contribution >= 0.6 is 12.4 Å². The van der Waals surface area contributed by atoms with Gasteiger partial charge in [0.25, 0.3) is 0 Å². The second-order valence-corrected chi connectivity index (χ2v) is 5.61. The van der Waals surface area contributed by atoms with Gasteiger partial charge in [0.2, 0.25) is 5.91 Å². The van der Waals surface area contributed by atoms with Crippen molar-refractivity contribution in [3.8, 4) is 0 Å². The summed E-state index contributed by atoms with van der Waals surface area (Å²) >= 11 is 0. The number of likely N-dealkylation sites (N-methyl/N-ethyl adjacent to an activating group) is 1. The smallest absolute Gasteiger partial charge is 0.237 e. The molecule has 4 nitrogen and oxygen atoms in total. The first kappa shape index (κ1) is 18.0. The van der Waals surface area contributed by atoms with Gasteiger partial charge >= 0.3 is 0 Å². The normalized spacial score (nSPS) is 20.4. The first-order valence-electron chi connectivity index (χ1n) is 7.35. The lowest BCUT2D eigenvalue weighted by atomic mass is 10.1. The van der Waals surface area contributed by atoms with Gasteiger partial charge in [0.1, 0.15) is 0 Å².